The van der Waals surface area contributed by atoms with E-state index in [0.29, 0.717) is 0 Å². The molecule has 0 aliphatic rings. The third-order valence-electron chi connectivity index (χ3n) is 4.14. The van der Waals surface area contributed by atoms with E-state index in [1.807, 2.05) is 6.92 Å². The Labute approximate surface area is 163 Å². The summed E-state index contributed by atoms with van der Waals surface area (Å²) in [5.74, 6) is 0.945. The van der Waals surface area contributed by atoms with Gasteiger partial charge in [-0.1, -0.05) is 74.4 Å². The van der Waals surface area contributed by atoms with E-state index >= 15 is 0 Å². The molecular weight excluding hydrogens is 368 g/mol. The van der Waals surface area contributed by atoms with Crippen molar-refractivity contribution >= 4 is 27.0 Å². The number of hydrogen-bond donors (Lipinski definition) is 0. The molecule has 0 aliphatic heterocycles. The summed E-state index contributed by atoms with van der Waals surface area (Å²) < 4.78 is 29.1. The van der Waals surface area contributed by atoms with Gasteiger partial charge in [-0.05, 0) is 31.9 Å². The van der Waals surface area contributed by atoms with E-state index in [2.05, 4.69) is 0 Å². The van der Waals surface area contributed by atoms with Crippen LogP contribution in [-0.2, 0) is 19.1 Å². The van der Waals surface area contributed by atoms with Crippen LogP contribution in [0.4, 0.5) is 0 Å². The molecule has 0 fully saturated rings. The molecule has 0 N–H and O–H groups in total. The van der Waals surface area contributed by atoms with Crippen LogP contribution in [0.3, 0.4) is 0 Å². The van der Waals surface area contributed by atoms with Gasteiger partial charge in [-0.2, -0.15) is 8.42 Å². The van der Waals surface area contributed by atoms with E-state index in [0.717, 1.165) is 37.0 Å². The zero-order valence-corrected chi connectivity index (χ0v) is 17.7. The monoisotopic (exact) mass is 400 g/mol. The second-order valence-corrected chi connectivity index (χ2v) is 9.50. The first-order valence-corrected chi connectivity index (χ1v) is 11.9. The van der Waals surface area contributed by atoms with Gasteiger partial charge in [0, 0.05) is 12.7 Å². The highest BCUT2D eigenvalue weighted by Gasteiger charge is 2.14. The fourth-order valence-electron chi connectivity index (χ4n) is 2.60. The van der Waals surface area contributed by atoms with E-state index in [1.54, 1.807) is 31.2 Å². The molecule has 0 atom stereocenters. The van der Waals surface area contributed by atoms with Crippen LogP contribution >= 0.6 is 11.8 Å². The molecule has 0 amide bonds. The highest BCUT2D eigenvalue weighted by Crippen LogP contribution is 2.15. The molecule has 0 radical (unpaired) electrons. The van der Waals surface area contributed by atoms with Crippen LogP contribution in [0.1, 0.15) is 70.3 Å². The van der Waals surface area contributed by atoms with Crippen molar-refractivity contribution in [2.75, 3.05) is 12.4 Å². The molecular formula is C20H32O4S2. The maximum Gasteiger partial charge on any atom is 0.296 e. The standard InChI is InChI=1S/C20H32O4S2/c1-18-12-14-20(15-13-18)26(22,23)24-16-10-8-6-4-3-5-7-9-11-17-25-19(2)21/h12-15H,3-11,16-17H2,1-2H3. The minimum Gasteiger partial charge on any atom is -0.288 e. The quantitative estimate of drug-likeness (QED) is 0.305. The molecule has 148 valence electrons. The van der Waals surface area contributed by atoms with Gasteiger partial charge < -0.3 is 0 Å². The predicted molar refractivity (Wildman–Crippen MR) is 109 cm³/mol. The van der Waals surface area contributed by atoms with Crippen molar-refractivity contribution in [2.24, 2.45) is 0 Å². The lowest BCUT2D eigenvalue weighted by molar-refractivity contribution is -0.109. The van der Waals surface area contributed by atoms with Gasteiger partial charge >= 0.3 is 0 Å². The molecule has 1 rings (SSSR count). The molecule has 26 heavy (non-hydrogen) atoms. The Bertz CT molecular complexity index is 609. The fourth-order valence-corrected chi connectivity index (χ4v) is 4.18. The van der Waals surface area contributed by atoms with Crippen LogP contribution in [0.5, 0.6) is 0 Å². The maximum atomic E-state index is 12.0. The summed E-state index contributed by atoms with van der Waals surface area (Å²) >= 11 is 1.42. The molecule has 0 spiro atoms. The van der Waals surface area contributed by atoms with Crippen molar-refractivity contribution < 1.29 is 17.4 Å². The summed E-state index contributed by atoms with van der Waals surface area (Å²) in [5, 5.41) is 0.209. The average Bonchev–Trinajstić information content (AvgIpc) is 2.59. The lowest BCUT2D eigenvalue weighted by atomic mass is 10.1. The SMILES string of the molecule is CC(=O)SCCCCCCCCCCCOS(=O)(=O)c1ccc(C)cc1. The van der Waals surface area contributed by atoms with Crippen LogP contribution in [0.15, 0.2) is 29.2 Å². The highest BCUT2D eigenvalue weighted by atomic mass is 32.2. The number of hydrogen-bond acceptors (Lipinski definition) is 5. The number of carbonyl (C=O) groups excluding carboxylic acids is 1. The third-order valence-corrected chi connectivity index (χ3v) is 6.37. The summed E-state index contributed by atoms with van der Waals surface area (Å²) in [6, 6.07) is 6.73. The molecule has 0 unspecified atom stereocenters. The van der Waals surface area contributed by atoms with Crippen molar-refractivity contribution in [3.05, 3.63) is 29.8 Å². The highest BCUT2D eigenvalue weighted by molar-refractivity contribution is 8.13. The third kappa shape index (κ3) is 11.0. The number of benzene rings is 1. The van der Waals surface area contributed by atoms with Crippen LogP contribution in [-0.4, -0.2) is 25.9 Å². The van der Waals surface area contributed by atoms with E-state index in [4.69, 9.17) is 4.18 Å². The minimum absolute atomic E-state index is 0.209. The molecule has 0 saturated heterocycles. The fraction of sp³-hybridized carbons (Fsp3) is 0.650. The zero-order valence-electron chi connectivity index (χ0n) is 16.0. The number of thioether (sulfide) groups is 1. The topological polar surface area (TPSA) is 60.4 Å². The number of rotatable bonds is 14. The van der Waals surface area contributed by atoms with Gasteiger partial charge in [0.1, 0.15) is 0 Å². The Hall–Kier alpha value is -0.850. The first-order chi connectivity index (χ1) is 12.4. The van der Waals surface area contributed by atoms with Crippen LogP contribution in [0.25, 0.3) is 0 Å². The molecule has 0 aliphatic carbocycles. The number of aryl methyl sites for hydroxylation is 1. The first-order valence-electron chi connectivity index (χ1n) is 9.51. The van der Waals surface area contributed by atoms with Gasteiger partial charge in [-0.3, -0.25) is 8.98 Å². The predicted octanol–water partition coefficient (Wildman–Crippen LogP) is 5.49. The van der Waals surface area contributed by atoms with Crippen molar-refractivity contribution in [1.29, 1.82) is 0 Å². The van der Waals surface area contributed by atoms with Crippen LogP contribution in [0.2, 0.25) is 0 Å². The van der Waals surface area contributed by atoms with E-state index in [9.17, 15) is 13.2 Å². The van der Waals surface area contributed by atoms with Gasteiger partial charge in [0.25, 0.3) is 10.1 Å². The van der Waals surface area contributed by atoms with Crippen LogP contribution in [0, 0.1) is 6.92 Å². The smallest absolute Gasteiger partial charge is 0.288 e. The first kappa shape index (κ1) is 23.2. The second-order valence-electron chi connectivity index (χ2n) is 6.61. The summed E-state index contributed by atoms with van der Waals surface area (Å²) in [5.41, 5.74) is 1.03. The molecule has 4 nitrogen and oxygen atoms in total. The molecule has 1 aromatic carbocycles. The summed E-state index contributed by atoms with van der Waals surface area (Å²) in [7, 11) is -3.62. The van der Waals surface area contributed by atoms with E-state index in [-0.39, 0.29) is 16.6 Å². The molecule has 0 heterocycles. The van der Waals surface area contributed by atoms with Crippen molar-refractivity contribution in [3.8, 4) is 0 Å². The summed E-state index contributed by atoms with van der Waals surface area (Å²) in [6.45, 7) is 3.79. The van der Waals surface area contributed by atoms with Gasteiger partial charge in [-0.15, -0.1) is 0 Å². The Kier molecular flexibility index (Phi) is 11.9. The summed E-state index contributed by atoms with van der Waals surface area (Å²) in [4.78, 5) is 11.0. The maximum absolute atomic E-state index is 12.0. The number of unbranched alkanes of at least 4 members (excludes halogenated alkanes) is 8. The number of carbonyl (C=O) groups is 1. The lowest BCUT2D eigenvalue weighted by Gasteiger charge is -2.06. The molecule has 0 aromatic heterocycles. The normalized spacial score (nSPS) is 11.6. The minimum atomic E-state index is -3.62. The van der Waals surface area contributed by atoms with Gasteiger partial charge in [-0.25, -0.2) is 0 Å². The second kappa shape index (κ2) is 13.3. The van der Waals surface area contributed by atoms with Gasteiger partial charge in [0.2, 0.25) is 0 Å². The van der Waals surface area contributed by atoms with Gasteiger partial charge in [0.15, 0.2) is 5.12 Å². The Morgan fingerprint density at radius 3 is 1.92 bits per heavy atom. The Morgan fingerprint density at radius 1 is 0.885 bits per heavy atom. The van der Waals surface area contributed by atoms with Crippen molar-refractivity contribution in [3.63, 3.8) is 0 Å². The van der Waals surface area contributed by atoms with Crippen molar-refractivity contribution in [1.82, 2.24) is 0 Å². The molecule has 6 heteroatoms. The molecule has 0 saturated carbocycles. The molecule has 1 aromatic rings. The van der Waals surface area contributed by atoms with Crippen molar-refractivity contribution in [2.45, 2.75) is 76.5 Å². The van der Waals surface area contributed by atoms with E-state index in [1.165, 1.54) is 43.9 Å². The largest absolute Gasteiger partial charge is 0.296 e. The lowest BCUT2D eigenvalue weighted by Crippen LogP contribution is -2.07. The Balaban J connectivity index is 1.96. The van der Waals surface area contributed by atoms with E-state index < -0.39 is 10.1 Å². The summed E-state index contributed by atoms with van der Waals surface area (Å²) in [6.07, 6.45) is 10.1. The zero-order chi connectivity index (χ0) is 19.3. The average molecular weight is 401 g/mol. The Morgan fingerprint density at radius 2 is 1.38 bits per heavy atom. The van der Waals surface area contributed by atoms with Gasteiger partial charge in [0.05, 0.1) is 11.5 Å². The molecule has 0 bridgehead atoms. The van der Waals surface area contributed by atoms with Crippen LogP contribution < -0.4 is 0 Å².